The molecular formula is C29H26N2O2. The number of nitrogens with zero attached hydrogens (tertiary/aromatic N) is 2. The Kier molecular flexibility index (Phi) is 6.36. The van der Waals surface area contributed by atoms with Crippen molar-refractivity contribution in [3.05, 3.63) is 129 Å². The van der Waals surface area contributed by atoms with Gasteiger partial charge >= 0.3 is 0 Å². The van der Waals surface area contributed by atoms with E-state index in [1.54, 1.807) is 12.1 Å². The molecule has 0 amide bonds. The third kappa shape index (κ3) is 5.18. The van der Waals surface area contributed by atoms with Crippen LogP contribution < -0.4 is 4.90 Å². The van der Waals surface area contributed by atoms with Crippen molar-refractivity contribution in [2.75, 3.05) is 4.90 Å². The highest BCUT2D eigenvalue weighted by Gasteiger charge is 2.12. The van der Waals surface area contributed by atoms with Crippen molar-refractivity contribution in [2.45, 2.75) is 20.8 Å². The Hall–Kier alpha value is -4.18. The van der Waals surface area contributed by atoms with Crippen LogP contribution in [0.15, 0.2) is 97.1 Å². The van der Waals surface area contributed by atoms with Gasteiger partial charge in [-0.2, -0.15) is 0 Å². The highest BCUT2D eigenvalue weighted by atomic mass is 16.6. The Morgan fingerprint density at radius 1 is 0.758 bits per heavy atom. The molecule has 4 rings (SSSR count). The quantitative estimate of drug-likeness (QED) is 0.174. The summed E-state index contributed by atoms with van der Waals surface area (Å²) in [5.74, 6) is 0. The van der Waals surface area contributed by atoms with Crippen LogP contribution in [0.2, 0.25) is 0 Å². The lowest BCUT2D eigenvalue weighted by Gasteiger charge is -2.26. The molecule has 0 heterocycles. The van der Waals surface area contributed by atoms with E-state index in [0.29, 0.717) is 0 Å². The second-order valence-electron chi connectivity index (χ2n) is 8.23. The number of anilines is 3. The van der Waals surface area contributed by atoms with Crippen molar-refractivity contribution in [1.82, 2.24) is 0 Å². The molecule has 0 aliphatic rings. The van der Waals surface area contributed by atoms with Gasteiger partial charge in [-0.05, 0) is 73.9 Å². The molecule has 0 radical (unpaired) electrons. The molecule has 0 atom stereocenters. The summed E-state index contributed by atoms with van der Waals surface area (Å²) in [5.41, 5.74) is 8.72. The number of benzene rings is 4. The summed E-state index contributed by atoms with van der Waals surface area (Å²) in [5, 5.41) is 11.1. The average molecular weight is 435 g/mol. The SMILES string of the molecule is C/C(=C/c1cccc([N+](=O)[O-])c1)c1ccc(N(c2ccc(C)cc2)c2ccc(C)cc2)cc1. The summed E-state index contributed by atoms with van der Waals surface area (Å²) in [7, 11) is 0. The fourth-order valence-corrected chi connectivity index (χ4v) is 3.77. The van der Waals surface area contributed by atoms with E-state index in [0.717, 1.165) is 33.8 Å². The van der Waals surface area contributed by atoms with Crippen LogP contribution >= 0.6 is 0 Å². The van der Waals surface area contributed by atoms with Gasteiger partial charge in [0.25, 0.3) is 5.69 Å². The number of aryl methyl sites for hydroxylation is 2. The fraction of sp³-hybridized carbons (Fsp3) is 0.103. The zero-order valence-electron chi connectivity index (χ0n) is 19.0. The molecule has 0 aliphatic heterocycles. The van der Waals surface area contributed by atoms with E-state index in [4.69, 9.17) is 0 Å². The van der Waals surface area contributed by atoms with E-state index < -0.39 is 0 Å². The van der Waals surface area contributed by atoms with Crippen molar-refractivity contribution in [3.63, 3.8) is 0 Å². The van der Waals surface area contributed by atoms with Crippen LogP contribution in [-0.2, 0) is 0 Å². The fourth-order valence-electron chi connectivity index (χ4n) is 3.77. The minimum absolute atomic E-state index is 0.0961. The maximum Gasteiger partial charge on any atom is 0.270 e. The van der Waals surface area contributed by atoms with Crippen molar-refractivity contribution >= 4 is 34.4 Å². The summed E-state index contributed by atoms with van der Waals surface area (Å²) in [6.07, 6.45) is 1.97. The van der Waals surface area contributed by atoms with Gasteiger partial charge in [-0.15, -0.1) is 0 Å². The largest absolute Gasteiger partial charge is 0.311 e. The molecule has 0 unspecified atom stereocenters. The predicted octanol–water partition coefficient (Wildman–Crippen LogP) is 8.24. The Morgan fingerprint density at radius 3 is 1.73 bits per heavy atom. The van der Waals surface area contributed by atoms with Crippen LogP contribution in [0.3, 0.4) is 0 Å². The van der Waals surface area contributed by atoms with Crippen LogP contribution in [0, 0.1) is 24.0 Å². The topological polar surface area (TPSA) is 46.4 Å². The van der Waals surface area contributed by atoms with Crippen LogP contribution in [0.5, 0.6) is 0 Å². The first-order valence-corrected chi connectivity index (χ1v) is 10.9. The molecule has 0 aliphatic carbocycles. The summed E-state index contributed by atoms with van der Waals surface area (Å²) in [6, 6.07) is 32.1. The Bertz CT molecular complexity index is 1240. The van der Waals surface area contributed by atoms with E-state index in [-0.39, 0.29) is 10.6 Å². The first-order chi connectivity index (χ1) is 15.9. The summed E-state index contributed by atoms with van der Waals surface area (Å²) < 4.78 is 0. The number of hydrogen-bond acceptors (Lipinski definition) is 3. The second kappa shape index (κ2) is 9.53. The van der Waals surface area contributed by atoms with Crippen LogP contribution in [0.4, 0.5) is 22.7 Å². The predicted molar refractivity (Wildman–Crippen MR) is 137 cm³/mol. The van der Waals surface area contributed by atoms with E-state index in [2.05, 4.69) is 91.5 Å². The first kappa shape index (κ1) is 22.0. The Morgan fingerprint density at radius 2 is 1.24 bits per heavy atom. The standard InChI is InChI=1S/C29H26N2O2/c1-21-7-13-26(14-8-21)30(27-15-9-22(2)10-16-27)28-17-11-25(12-18-28)23(3)19-24-5-4-6-29(20-24)31(32)33/h4-20H,1-3H3/b23-19-. The van der Waals surface area contributed by atoms with Crippen LogP contribution in [0.1, 0.15) is 29.2 Å². The number of nitro benzene ring substituents is 1. The Labute approximate surface area is 194 Å². The van der Waals surface area contributed by atoms with E-state index >= 15 is 0 Å². The maximum atomic E-state index is 11.1. The number of nitro groups is 1. The van der Waals surface area contributed by atoms with Gasteiger partial charge in [-0.1, -0.05) is 65.7 Å². The van der Waals surface area contributed by atoms with Gasteiger partial charge in [0.1, 0.15) is 0 Å². The molecule has 4 heteroatoms. The van der Waals surface area contributed by atoms with Gasteiger partial charge in [0, 0.05) is 29.2 Å². The molecule has 4 aromatic carbocycles. The molecule has 0 spiro atoms. The molecule has 33 heavy (non-hydrogen) atoms. The molecule has 4 aromatic rings. The van der Waals surface area contributed by atoms with Crippen molar-refractivity contribution < 1.29 is 4.92 Å². The number of non-ortho nitro benzene ring substituents is 1. The zero-order valence-corrected chi connectivity index (χ0v) is 19.0. The molecule has 0 fully saturated rings. The molecule has 0 saturated carbocycles. The molecule has 0 bridgehead atoms. The number of rotatable bonds is 6. The lowest BCUT2D eigenvalue weighted by molar-refractivity contribution is -0.384. The third-order valence-electron chi connectivity index (χ3n) is 5.63. The monoisotopic (exact) mass is 434 g/mol. The molecular weight excluding hydrogens is 408 g/mol. The number of hydrogen-bond donors (Lipinski definition) is 0. The summed E-state index contributed by atoms with van der Waals surface area (Å²) in [4.78, 5) is 12.9. The van der Waals surface area contributed by atoms with E-state index in [1.807, 2.05) is 19.1 Å². The van der Waals surface area contributed by atoms with Gasteiger partial charge in [0.2, 0.25) is 0 Å². The van der Waals surface area contributed by atoms with E-state index in [1.165, 1.54) is 17.2 Å². The zero-order chi connectivity index (χ0) is 23.4. The average Bonchev–Trinajstić information content (AvgIpc) is 2.82. The highest BCUT2D eigenvalue weighted by Crippen LogP contribution is 2.35. The maximum absolute atomic E-state index is 11.1. The van der Waals surface area contributed by atoms with E-state index in [9.17, 15) is 10.1 Å². The normalized spacial score (nSPS) is 11.3. The van der Waals surface area contributed by atoms with Crippen LogP contribution in [-0.4, -0.2) is 4.92 Å². The molecule has 4 nitrogen and oxygen atoms in total. The van der Waals surface area contributed by atoms with Crippen molar-refractivity contribution in [2.24, 2.45) is 0 Å². The second-order valence-corrected chi connectivity index (χ2v) is 8.23. The Balaban J connectivity index is 1.67. The van der Waals surface area contributed by atoms with Gasteiger partial charge in [-0.25, -0.2) is 0 Å². The minimum Gasteiger partial charge on any atom is -0.311 e. The third-order valence-corrected chi connectivity index (χ3v) is 5.63. The minimum atomic E-state index is -0.369. The summed E-state index contributed by atoms with van der Waals surface area (Å²) >= 11 is 0. The lowest BCUT2D eigenvalue weighted by atomic mass is 10.0. The van der Waals surface area contributed by atoms with Gasteiger partial charge in [0.05, 0.1) is 4.92 Å². The number of allylic oxidation sites excluding steroid dienone is 1. The van der Waals surface area contributed by atoms with Gasteiger partial charge in [-0.3, -0.25) is 10.1 Å². The molecule has 0 saturated heterocycles. The highest BCUT2D eigenvalue weighted by molar-refractivity contribution is 5.83. The van der Waals surface area contributed by atoms with Crippen LogP contribution in [0.25, 0.3) is 11.6 Å². The smallest absolute Gasteiger partial charge is 0.270 e. The molecule has 0 N–H and O–H groups in total. The van der Waals surface area contributed by atoms with Crippen molar-refractivity contribution in [3.8, 4) is 0 Å². The first-order valence-electron chi connectivity index (χ1n) is 10.9. The summed E-state index contributed by atoms with van der Waals surface area (Å²) in [6.45, 7) is 6.20. The molecule has 0 aromatic heterocycles. The van der Waals surface area contributed by atoms with Gasteiger partial charge < -0.3 is 4.90 Å². The van der Waals surface area contributed by atoms with Gasteiger partial charge in [0.15, 0.2) is 0 Å². The van der Waals surface area contributed by atoms with Crippen molar-refractivity contribution in [1.29, 1.82) is 0 Å². The lowest BCUT2D eigenvalue weighted by Crippen LogP contribution is -2.09. The molecule has 164 valence electrons.